The van der Waals surface area contributed by atoms with Gasteiger partial charge in [0.25, 0.3) is 0 Å². The van der Waals surface area contributed by atoms with Gasteiger partial charge in [-0.15, -0.1) is 0 Å². The summed E-state index contributed by atoms with van der Waals surface area (Å²) in [4.78, 5) is 4.36. The highest BCUT2D eigenvalue weighted by Gasteiger charge is 2.17. The van der Waals surface area contributed by atoms with Gasteiger partial charge >= 0.3 is 0 Å². The standard InChI is InChI=1S/C8H11ClN2/c9-8-4-3-6-7(11-8)2-1-5-10-6/h3,8,10H,1-2,4-5H2. The molecule has 3 heteroatoms. The van der Waals surface area contributed by atoms with Crippen molar-refractivity contribution in [3.05, 3.63) is 11.8 Å². The third-order valence-electron chi connectivity index (χ3n) is 2.03. The van der Waals surface area contributed by atoms with E-state index in [1.165, 1.54) is 17.8 Å². The Morgan fingerprint density at radius 1 is 1.64 bits per heavy atom. The maximum Gasteiger partial charge on any atom is 0.127 e. The Labute approximate surface area is 71.3 Å². The van der Waals surface area contributed by atoms with Crippen LogP contribution in [-0.2, 0) is 0 Å². The van der Waals surface area contributed by atoms with Crippen molar-refractivity contribution in [1.82, 2.24) is 5.32 Å². The highest BCUT2D eigenvalue weighted by Crippen LogP contribution is 2.19. The molecule has 1 unspecified atom stereocenters. The monoisotopic (exact) mass is 170 g/mol. The number of rotatable bonds is 0. The van der Waals surface area contributed by atoms with E-state index in [1.54, 1.807) is 0 Å². The van der Waals surface area contributed by atoms with Crippen LogP contribution in [0.25, 0.3) is 0 Å². The van der Waals surface area contributed by atoms with Gasteiger partial charge in [-0.1, -0.05) is 17.7 Å². The van der Waals surface area contributed by atoms with Gasteiger partial charge in [0.1, 0.15) is 5.50 Å². The van der Waals surface area contributed by atoms with E-state index in [1.807, 2.05) is 0 Å². The zero-order valence-corrected chi connectivity index (χ0v) is 7.06. The Morgan fingerprint density at radius 2 is 2.55 bits per heavy atom. The summed E-state index contributed by atoms with van der Waals surface area (Å²) in [5, 5.41) is 3.31. The Morgan fingerprint density at radius 3 is 3.45 bits per heavy atom. The van der Waals surface area contributed by atoms with E-state index in [2.05, 4.69) is 16.4 Å². The largest absolute Gasteiger partial charge is 0.384 e. The SMILES string of the molecule is ClC1CC=C2NCCCC2=N1. The van der Waals surface area contributed by atoms with Crippen LogP contribution in [0, 0.1) is 0 Å². The van der Waals surface area contributed by atoms with Crippen molar-refractivity contribution in [3.63, 3.8) is 0 Å². The van der Waals surface area contributed by atoms with E-state index >= 15 is 0 Å². The lowest BCUT2D eigenvalue weighted by Crippen LogP contribution is -2.30. The van der Waals surface area contributed by atoms with E-state index < -0.39 is 0 Å². The Balaban J connectivity index is 2.19. The van der Waals surface area contributed by atoms with Gasteiger partial charge in [-0.2, -0.15) is 0 Å². The number of halogens is 1. The first-order valence-electron chi connectivity index (χ1n) is 4.01. The van der Waals surface area contributed by atoms with Gasteiger partial charge in [-0.25, -0.2) is 0 Å². The van der Waals surface area contributed by atoms with Gasteiger partial charge in [0.2, 0.25) is 0 Å². The molecule has 11 heavy (non-hydrogen) atoms. The first kappa shape index (κ1) is 7.17. The molecule has 0 amide bonds. The second kappa shape index (κ2) is 2.86. The molecule has 60 valence electrons. The van der Waals surface area contributed by atoms with Gasteiger partial charge in [0, 0.05) is 13.0 Å². The lowest BCUT2D eigenvalue weighted by molar-refractivity contribution is 0.701. The summed E-state index contributed by atoms with van der Waals surface area (Å²) >= 11 is 5.88. The fraction of sp³-hybridized carbons (Fsp3) is 0.625. The highest BCUT2D eigenvalue weighted by atomic mass is 35.5. The van der Waals surface area contributed by atoms with Crippen molar-refractivity contribution in [2.45, 2.75) is 24.8 Å². The molecule has 2 nitrogen and oxygen atoms in total. The minimum atomic E-state index is -0.0198. The van der Waals surface area contributed by atoms with Crippen LogP contribution in [0.15, 0.2) is 16.8 Å². The zero-order chi connectivity index (χ0) is 7.68. The number of piperidine rings is 1. The molecule has 0 aliphatic carbocycles. The van der Waals surface area contributed by atoms with Gasteiger partial charge in [0.05, 0.1) is 11.4 Å². The number of alkyl halides is 1. The van der Waals surface area contributed by atoms with Gasteiger partial charge < -0.3 is 5.32 Å². The predicted molar refractivity (Wildman–Crippen MR) is 47.0 cm³/mol. The van der Waals surface area contributed by atoms with E-state index in [-0.39, 0.29) is 5.50 Å². The quantitative estimate of drug-likeness (QED) is 0.434. The van der Waals surface area contributed by atoms with Crippen LogP contribution < -0.4 is 5.32 Å². The molecule has 0 radical (unpaired) electrons. The number of allylic oxidation sites excluding steroid dienone is 1. The van der Waals surface area contributed by atoms with E-state index in [0.717, 1.165) is 19.4 Å². The van der Waals surface area contributed by atoms with Crippen LogP contribution in [0.2, 0.25) is 0 Å². The molecule has 1 atom stereocenters. The Bertz CT molecular complexity index is 220. The molecule has 0 saturated carbocycles. The highest BCUT2D eigenvalue weighted by molar-refractivity contribution is 6.22. The van der Waals surface area contributed by atoms with E-state index in [0.29, 0.717) is 0 Å². The van der Waals surface area contributed by atoms with Crippen molar-refractivity contribution in [2.24, 2.45) is 4.99 Å². The Kier molecular flexibility index (Phi) is 1.86. The summed E-state index contributed by atoms with van der Waals surface area (Å²) in [6, 6.07) is 0. The zero-order valence-electron chi connectivity index (χ0n) is 6.31. The summed E-state index contributed by atoms with van der Waals surface area (Å²) in [6.07, 6.45) is 5.29. The Hall–Kier alpha value is -0.500. The van der Waals surface area contributed by atoms with Crippen LogP contribution in [0.1, 0.15) is 19.3 Å². The molecule has 1 saturated heterocycles. The minimum absolute atomic E-state index is 0.0198. The normalized spacial score (nSPS) is 29.7. The van der Waals surface area contributed by atoms with Crippen molar-refractivity contribution in [2.75, 3.05) is 6.54 Å². The van der Waals surface area contributed by atoms with Crippen molar-refractivity contribution in [1.29, 1.82) is 0 Å². The van der Waals surface area contributed by atoms with E-state index in [4.69, 9.17) is 11.6 Å². The molecule has 0 aromatic heterocycles. The maximum atomic E-state index is 5.88. The predicted octanol–water partition coefficient (Wildman–Crippen LogP) is 1.66. The summed E-state index contributed by atoms with van der Waals surface area (Å²) < 4.78 is 0. The van der Waals surface area contributed by atoms with Crippen molar-refractivity contribution >= 4 is 17.3 Å². The first-order valence-corrected chi connectivity index (χ1v) is 4.45. The van der Waals surface area contributed by atoms with Crippen LogP contribution in [0.4, 0.5) is 0 Å². The van der Waals surface area contributed by atoms with Crippen LogP contribution in [-0.4, -0.2) is 17.8 Å². The number of nitrogens with one attached hydrogen (secondary N) is 1. The molecule has 2 aliphatic rings. The second-order valence-electron chi connectivity index (χ2n) is 2.89. The molecular weight excluding hydrogens is 160 g/mol. The number of hydrogen-bond donors (Lipinski definition) is 1. The van der Waals surface area contributed by atoms with Crippen molar-refractivity contribution in [3.8, 4) is 0 Å². The molecule has 2 aliphatic heterocycles. The molecule has 0 bridgehead atoms. The molecule has 0 aromatic carbocycles. The number of aliphatic imine (C=N–C) groups is 1. The van der Waals surface area contributed by atoms with Crippen molar-refractivity contribution < 1.29 is 0 Å². The van der Waals surface area contributed by atoms with Gasteiger partial charge in [0.15, 0.2) is 0 Å². The van der Waals surface area contributed by atoms with Crippen LogP contribution >= 0.6 is 11.6 Å². The third kappa shape index (κ3) is 1.41. The topological polar surface area (TPSA) is 24.4 Å². The molecule has 2 heterocycles. The average molecular weight is 171 g/mol. The second-order valence-corrected chi connectivity index (χ2v) is 3.40. The van der Waals surface area contributed by atoms with Crippen LogP contribution in [0.5, 0.6) is 0 Å². The molecule has 0 spiro atoms. The smallest absolute Gasteiger partial charge is 0.127 e. The van der Waals surface area contributed by atoms with Crippen LogP contribution in [0.3, 0.4) is 0 Å². The first-order chi connectivity index (χ1) is 5.36. The molecule has 0 aromatic rings. The summed E-state index contributed by atoms with van der Waals surface area (Å²) in [5.41, 5.74) is 2.37. The fourth-order valence-electron chi connectivity index (χ4n) is 1.48. The maximum absolute atomic E-state index is 5.88. The molecular formula is C8H11ClN2. The number of nitrogens with zero attached hydrogens (tertiary/aromatic N) is 1. The van der Waals surface area contributed by atoms with E-state index in [9.17, 15) is 0 Å². The fourth-order valence-corrected chi connectivity index (χ4v) is 1.68. The summed E-state index contributed by atoms with van der Waals surface area (Å²) in [7, 11) is 0. The number of fused-ring (bicyclic) bond motifs is 1. The summed E-state index contributed by atoms with van der Waals surface area (Å²) in [6.45, 7) is 1.08. The number of dihydropyridines is 1. The number of hydrogen-bond acceptors (Lipinski definition) is 2. The minimum Gasteiger partial charge on any atom is -0.384 e. The third-order valence-corrected chi connectivity index (χ3v) is 2.30. The molecule has 2 rings (SSSR count). The summed E-state index contributed by atoms with van der Waals surface area (Å²) in [5.74, 6) is 0. The lowest BCUT2D eigenvalue weighted by atomic mass is 10.0. The average Bonchev–Trinajstić information content (AvgIpc) is 2.04. The van der Waals surface area contributed by atoms with Gasteiger partial charge in [-0.05, 0) is 12.8 Å². The lowest BCUT2D eigenvalue weighted by Gasteiger charge is -2.23. The molecule has 1 N–H and O–H groups in total. The van der Waals surface area contributed by atoms with Gasteiger partial charge in [-0.3, -0.25) is 4.99 Å². The molecule has 1 fully saturated rings.